The van der Waals surface area contributed by atoms with Crippen LogP contribution in [0.4, 0.5) is 0 Å². The summed E-state index contributed by atoms with van der Waals surface area (Å²) in [5.41, 5.74) is 3.07. The van der Waals surface area contributed by atoms with Crippen LogP contribution in [0.25, 0.3) is 0 Å². The van der Waals surface area contributed by atoms with Gasteiger partial charge in [-0.1, -0.05) is 71.9 Å². The summed E-state index contributed by atoms with van der Waals surface area (Å²) in [7, 11) is 0. The number of aliphatic hydroxyl groups is 2. The molecule has 0 unspecified atom stereocenters. The van der Waals surface area contributed by atoms with Gasteiger partial charge in [0.2, 0.25) is 0 Å². The van der Waals surface area contributed by atoms with Crippen LogP contribution in [0.3, 0.4) is 0 Å². The van der Waals surface area contributed by atoms with Gasteiger partial charge in [-0.15, -0.1) is 6.58 Å². The van der Waals surface area contributed by atoms with Crippen molar-refractivity contribution >= 4 is 5.71 Å². The third-order valence-corrected chi connectivity index (χ3v) is 4.29. The van der Waals surface area contributed by atoms with Crippen molar-refractivity contribution in [3.8, 4) is 0 Å². The lowest BCUT2D eigenvalue weighted by Gasteiger charge is -2.20. The molecule has 0 aromatic heterocycles. The van der Waals surface area contributed by atoms with E-state index in [1.165, 1.54) is 6.08 Å². The van der Waals surface area contributed by atoms with Crippen LogP contribution in [-0.2, 0) is 4.84 Å². The standard InChI is InChI=1S/C20H21NO3/c1-2-17(22)20(23)18-13-16(21-24-18)19(14-9-5-3-6-10-14)15-11-7-4-8-12-15/h2-12,17-20,22-23H,1,13H2/t17-,18+,20+/m0/s1. The maximum atomic E-state index is 10.1. The Bertz CT molecular complexity index is 660. The normalized spacial score (nSPS) is 19.5. The molecule has 4 nitrogen and oxygen atoms in total. The molecule has 1 aliphatic rings. The number of hydrogen-bond acceptors (Lipinski definition) is 4. The van der Waals surface area contributed by atoms with Crippen molar-refractivity contribution in [2.24, 2.45) is 5.16 Å². The van der Waals surface area contributed by atoms with Gasteiger partial charge in [0.25, 0.3) is 0 Å². The van der Waals surface area contributed by atoms with Gasteiger partial charge in [-0.2, -0.15) is 0 Å². The van der Waals surface area contributed by atoms with Gasteiger partial charge in [-0.25, -0.2) is 0 Å². The Morgan fingerprint density at radius 3 is 2.04 bits per heavy atom. The van der Waals surface area contributed by atoms with Crippen molar-refractivity contribution in [2.75, 3.05) is 0 Å². The molecule has 0 aliphatic carbocycles. The summed E-state index contributed by atoms with van der Waals surface area (Å²) in [5, 5.41) is 24.1. The lowest BCUT2D eigenvalue weighted by Crippen LogP contribution is -2.36. The molecule has 3 atom stereocenters. The fourth-order valence-electron chi connectivity index (χ4n) is 3.00. The van der Waals surface area contributed by atoms with E-state index in [0.717, 1.165) is 16.8 Å². The Balaban J connectivity index is 1.87. The molecule has 0 saturated heterocycles. The maximum absolute atomic E-state index is 10.1. The van der Waals surface area contributed by atoms with Crippen LogP contribution >= 0.6 is 0 Å². The van der Waals surface area contributed by atoms with Gasteiger partial charge in [0.05, 0.1) is 11.6 Å². The molecule has 1 aliphatic heterocycles. The van der Waals surface area contributed by atoms with Crippen LogP contribution in [-0.4, -0.2) is 34.2 Å². The first kappa shape index (κ1) is 16.4. The number of aliphatic hydroxyl groups excluding tert-OH is 2. The van der Waals surface area contributed by atoms with Crippen LogP contribution < -0.4 is 0 Å². The first-order valence-corrected chi connectivity index (χ1v) is 8.02. The van der Waals surface area contributed by atoms with Gasteiger partial charge >= 0.3 is 0 Å². The summed E-state index contributed by atoms with van der Waals surface area (Å²) in [6.07, 6.45) is -0.881. The molecule has 0 spiro atoms. The summed E-state index contributed by atoms with van der Waals surface area (Å²) in [6.45, 7) is 3.50. The highest BCUT2D eigenvalue weighted by Gasteiger charge is 2.35. The van der Waals surface area contributed by atoms with Crippen molar-refractivity contribution in [1.82, 2.24) is 0 Å². The minimum Gasteiger partial charge on any atom is -0.389 e. The average molecular weight is 323 g/mol. The van der Waals surface area contributed by atoms with Gasteiger partial charge in [0.1, 0.15) is 12.2 Å². The van der Waals surface area contributed by atoms with Crippen molar-refractivity contribution in [2.45, 2.75) is 30.7 Å². The van der Waals surface area contributed by atoms with Crippen molar-refractivity contribution in [1.29, 1.82) is 0 Å². The van der Waals surface area contributed by atoms with Crippen LogP contribution in [0.15, 0.2) is 78.5 Å². The zero-order valence-corrected chi connectivity index (χ0v) is 13.3. The second-order valence-corrected chi connectivity index (χ2v) is 5.90. The summed E-state index contributed by atoms with van der Waals surface area (Å²) < 4.78 is 0. The molecule has 0 amide bonds. The van der Waals surface area contributed by atoms with Crippen LogP contribution in [0.5, 0.6) is 0 Å². The minimum absolute atomic E-state index is 0.0366. The Kier molecular flexibility index (Phi) is 5.08. The quantitative estimate of drug-likeness (QED) is 0.804. The van der Waals surface area contributed by atoms with E-state index in [0.29, 0.717) is 6.42 Å². The number of rotatable bonds is 6. The van der Waals surface area contributed by atoms with Crippen molar-refractivity contribution < 1.29 is 15.1 Å². The molecule has 0 saturated carbocycles. The molecule has 0 bridgehead atoms. The van der Waals surface area contributed by atoms with E-state index in [9.17, 15) is 10.2 Å². The molecule has 3 rings (SSSR count). The number of oxime groups is 1. The van der Waals surface area contributed by atoms with Crippen molar-refractivity contribution in [3.63, 3.8) is 0 Å². The summed E-state index contributed by atoms with van der Waals surface area (Å²) in [5.74, 6) is -0.0366. The third kappa shape index (κ3) is 3.40. The molecule has 0 fully saturated rings. The van der Waals surface area contributed by atoms with Crippen molar-refractivity contribution in [3.05, 3.63) is 84.4 Å². The lowest BCUT2D eigenvalue weighted by molar-refractivity contribution is -0.0622. The monoisotopic (exact) mass is 323 g/mol. The van der Waals surface area contributed by atoms with E-state index < -0.39 is 18.3 Å². The van der Waals surface area contributed by atoms with Gasteiger partial charge in [0, 0.05) is 6.42 Å². The summed E-state index contributed by atoms with van der Waals surface area (Å²) in [6, 6.07) is 20.2. The highest BCUT2D eigenvalue weighted by molar-refractivity contribution is 5.94. The highest BCUT2D eigenvalue weighted by atomic mass is 16.7. The fourth-order valence-corrected chi connectivity index (χ4v) is 3.00. The van der Waals surface area contributed by atoms with Crippen LogP contribution in [0, 0.1) is 0 Å². The molecular weight excluding hydrogens is 302 g/mol. The van der Waals surface area contributed by atoms with Gasteiger partial charge < -0.3 is 15.1 Å². The first-order chi connectivity index (χ1) is 11.7. The molecule has 0 radical (unpaired) electrons. The summed E-state index contributed by atoms with van der Waals surface area (Å²) >= 11 is 0. The predicted molar refractivity (Wildman–Crippen MR) is 93.9 cm³/mol. The fraction of sp³-hybridized carbons (Fsp3) is 0.250. The Hall–Kier alpha value is -2.43. The van der Waals surface area contributed by atoms with E-state index in [1.54, 1.807) is 0 Å². The molecule has 2 N–H and O–H groups in total. The van der Waals surface area contributed by atoms with Gasteiger partial charge in [-0.3, -0.25) is 0 Å². The molecular formula is C20H21NO3. The molecule has 124 valence electrons. The lowest BCUT2D eigenvalue weighted by atomic mass is 9.84. The smallest absolute Gasteiger partial charge is 0.161 e. The van der Waals surface area contributed by atoms with E-state index in [-0.39, 0.29) is 5.92 Å². The van der Waals surface area contributed by atoms with Gasteiger partial charge in [-0.05, 0) is 11.1 Å². The molecule has 4 heteroatoms. The Morgan fingerprint density at radius 1 is 1.00 bits per heavy atom. The highest BCUT2D eigenvalue weighted by Crippen LogP contribution is 2.32. The van der Waals surface area contributed by atoms with E-state index in [2.05, 4.69) is 36.0 Å². The second-order valence-electron chi connectivity index (χ2n) is 5.90. The van der Waals surface area contributed by atoms with E-state index >= 15 is 0 Å². The Labute approximate surface area is 141 Å². The number of hydrogen-bond donors (Lipinski definition) is 2. The van der Waals surface area contributed by atoms with E-state index in [4.69, 9.17) is 4.84 Å². The molecule has 2 aromatic rings. The molecule has 1 heterocycles. The first-order valence-electron chi connectivity index (χ1n) is 8.02. The maximum Gasteiger partial charge on any atom is 0.161 e. The zero-order valence-electron chi connectivity index (χ0n) is 13.3. The molecule has 2 aromatic carbocycles. The second kappa shape index (κ2) is 7.43. The largest absolute Gasteiger partial charge is 0.389 e. The predicted octanol–water partition coefficient (Wildman–Crippen LogP) is 2.87. The third-order valence-electron chi connectivity index (χ3n) is 4.29. The summed E-state index contributed by atoms with van der Waals surface area (Å²) in [4.78, 5) is 5.40. The Morgan fingerprint density at radius 2 is 1.54 bits per heavy atom. The number of benzene rings is 2. The topological polar surface area (TPSA) is 62.0 Å². The van der Waals surface area contributed by atoms with E-state index in [1.807, 2.05) is 36.4 Å². The number of nitrogens with zero attached hydrogens (tertiary/aromatic N) is 1. The van der Waals surface area contributed by atoms with Gasteiger partial charge in [0.15, 0.2) is 6.10 Å². The average Bonchev–Trinajstić information content (AvgIpc) is 3.12. The minimum atomic E-state index is -1.05. The zero-order chi connectivity index (χ0) is 16.9. The van der Waals surface area contributed by atoms with Crippen LogP contribution in [0.2, 0.25) is 0 Å². The SMILES string of the molecule is C=C[C@H](O)[C@@H](O)[C@H]1CC(C(c2ccccc2)c2ccccc2)=NO1. The molecule has 24 heavy (non-hydrogen) atoms. The van der Waals surface area contributed by atoms with Crippen LogP contribution in [0.1, 0.15) is 23.5 Å².